The number of rotatable bonds is 9. The lowest BCUT2D eigenvalue weighted by atomic mass is 10.1. The third kappa shape index (κ3) is 5.78. The number of nitrogens with zero attached hydrogens (tertiary/aromatic N) is 1. The van der Waals surface area contributed by atoms with E-state index in [9.17, 15) is 4.79 Å². The fourth-order valence-corrected chi connectivity index (χ4v) is 3.10. The van der Waals surface area contributed by atoms with Crippen molar-refractivity contribution in [3.63, 3.8) is 0 Å². The lowest BCUT2D eigenvalue weighted by Crippen LogP contribution is -2.46. The SMILES string of the molecule is COc1cc(CCC(=O)NC(C)CN2CCOCC2)cc(OC)c1OC. The predicted octanol–water partition coefficient (Wildman–Crippen LogP) is 1.48. The van der Waals surface area contributed by atoms with Gasteiger partial charge in [-0.05, 0) is 31.0 Å². The number of hydrogen-bond acceptors (Lipinski definition) is 6. The van der Waals surface area contributed by atoms with Crippen LogP contribution in [0.3, 0.4) is 0 Å². The van der Waals surface area contributed by atoms with Crippen molar-refractivity contribution in [2.45, 2.75) is 25.8 Å². The van der Waals surface area contributed by atoms with E-state index < -0.39 is 0 Å². The number of carbonyl (C=O) groups is 1. The summed E-state index contributed by atoms with van der Waals surface area (Å²) in [5.74, 6) is 1.80. The average Bonchev–Trinajstić information content (AvgIpc) is 2.66. The number of ether oxygens (including phenoxy) is 4. The number of hydrogen-bond donors (Lipinski definition) is 1. The van der Waals surface area contributed by atoms with Crippen LogP contribution in [0.1, 0.15) is 18.9 Å². The monoisotopic (exact) mass is 366 g/mol. The van der Waals surface area contributed by atoms with Crippen LogP contribution in [0.4, 0.5) is 0 Å². The smallest absolute Gasteiger partial charge is 0.220 e. The van der Waals surface area contributed by atoms with E-state index in [2.05, 4.69) is 10.2 Å². The Kier molecular flexibility index (Phi) is 8.00. The molecule has 2 rings (SSSR count). The molecule has 1 fully saturated rings. The zero-order chi connectivity index (χ0) is 18.9. The molecular formula is C19H30N2O5. The summed E-state index contributed by atoms with van der Waals surface area (Å²) < 4.78 is 21.4. The Morgan fingerprint density at radius 3 is 2.31 bits per heavy atom. The van der Waals surface area contributed by atoms with Crippen LogP contribution in [0, 0.1) is 0 Å². The standard InChI is InChI=1S/C19H30N2O5/c1-14(13-21-7-9-26-10-8-21)20-18(22)6-5-15-11-16(23-2)19(25-4)17(12-15)24-3/h11-12,14H,5-10,13H2,1-4H3,(H,20,22). The molecule has 0 saturated carbocycles. The lowest BCUT2D eigenvalue weighted by Gasteiger charge is -2.29. The highest BCUT2D eigenvalue weighted by Gasteiger charge is 2.16. The Balaban J connectivity index is 1.86. The zero-order valence-corrected chi connectivity index (χ0v) is 16.2. The molecular weight excluding hydrogens is 336 g/mol. The molecule has 0 spiro atoms. The molecule has 1 N–H and O–H groups in total. The zero-order valence-electron chi connectivity index (χ0n) is 16.2. The van der Waals surface area contributed by atoms with Gasteiger partial charge in [0.25, 0.3) is 0 Å². The van der Waals surface area contributed by atoms with Gasteiger partial charge >= 0.3 is 0 Å². The number of carbonyl (C=O) groups excluding carboxylic acids is 1. The van der Waals surface area contributed by atoms with Crippen molar-refractivity contribution >= 4 is 5.91 Å². The number of aryl methyl sites for hydroxylation is 1. The Bertz CT molecular complexity index is 562. The maximum Gasteiger partial charge on any atom is 0.220 e. The van der Waals surface area contributed by atoms with Crippen molar-refractivity contribution in [3.05, 3.63) is 17.7 Å². The fraction of sp³-hybridized carbons (Fsp3) is 0.632. The van der Waals surface area contributed by atoms with Crippen LogP contribution >= 0.6 is 0 Å². The largest absolute Gasteiger partial charge is 0.493 e. The van der Waals surface area contributed by atoms with Crippen LogP contribution in [-0.4, -0.2) is 71.0 Å². The second kappa shape index (κ2) is 10.2. The number of benzene rings is 1. The van der Waals surface area contributed by atoms with Crippen LogP contribution in [0.25, 0.3) is 0 Å². The Labute approximate surface area is 155 Å². The van der Waals surface area contributed by atoms with Gasteiger partial charge in [0.15, 0.2) is 11.5 Å². The average molecular weight is 366 g/mol. The highest BCUT2D eigenvalue weighted by atomic mass is 16.5. The maximum absolute atomic E-state index is 12.3. The number of amides is 1. The van der Waals surface area contributed by atoms with E-state index in [1.165, 1.54) is 0 Å². The van der Waals surface area contributed by atoms with Gasteiger partial charge in [-0.2, -0.15) is 0 Å². The molecule has 7 nitrogen and oxygen atoms in total. The third-order valence-electron chi connectivity index (χ3n) is 4.41. The first-order chi connectivity index (χ1) is 12.6. The number of morpholine rings is 1. The maximum atomic E-state index is 12.3. The molecule has 1 atom stereocenters. The van der Waals surface area contributed by atoms with Crippen LogP contribution < -0.4 is 19.5 Å². The second-order valence-corrected chi connectivity index (χ2v) is 6.42. The summed E-state index contributed by atoms with van der Waals surface area (Å²) >= 11 is 0. The summed E-state index contributed by atoms with van der Waals surface area (Å²) in [5, 5.41) is 3.07. The molecule has 1 unspecified atom stereocenters. The molecule has 1 aliphatic heterocycles. The van der Waals surface area contributed by atoms with Gasteiger partial charge in [-0.1, -0.05) is 0 Å². The van der Waals surface area contributed by atoms with Crippen molar-refractivity contribution in [2.75, 3.05) is 54.2 Å². The Hall–Kier alpha value is -1.99. The summed E-state index contributed by atoms with van der Waals surface area (Å²) in [6, 6.07) is 3.87. The Morgan fingerprint density at radius 1 is 1.15 bits per heavy atom. The molecule has 0 aromatic heterocycles. The quantitative estimate of drug-likeness (QED) is 0.714. The van der Waals surface area contributed by atoms with Gasteiger partial charge in [-0.25, -0.2) is 0 Å². The molecule has 0 radical (unpaired) electrons. The predicted molar refractivity (Wildman–Crippen MR) is 99.3 cm³/mol. The van der Waals surface area contributed by atoms with E-state index in [1.807, 2.05) is 19.1 Å². The van der Waals surface area contributed by atoms with E-state index in [0.717, 1.165) is 38.4 Å². The summed E-state index contributed by atoms with van der Waals surface area (Å²) in [4.78, 5) is 14.6. The number of nitrogens with one attached hydrogen (secondary N) is 1. The van der Waals surface area contributed by atoms with E-state index in [4.69, 9.17) is 18.9 Å². The normalized spacial score (nSPS) is 16.0. The second-order valence-electron chi connectivity index (χ2n) is 6.42. The van der Waals surface area contributed by atoms with Crippen LogP contribution in [0.2, 0.25) is 0 Å². The molecule has 1 aromatic carbocycles. The first-order valence-corrected chi connectivity index (χ1v) is 8.95. The minimum Gasteiger partial charge on any atom is -0.493 e. The summed E-state index contributed by atoms with van der Waals surface area (Å²) in [6.45, 7) is 6.26. The van der Waals surface area contributed by atoms with Gasteiger partial charge in [0.1, 0.15) is 0 Å². The molecule has 146 valence electrons. The minimum atomic E-state index is 0.0412. The van der Waals surface area contributed by atoms with Crippen molar-refractivity contribution < 1.29 is 23.7 Å². The van der Waals surface area contributed by atoms with Crippen LogP contribution in [0.5, 0.6) is 17.2 Å². The van der Waals surface area contributed by atoms with Crippen molar-refractivity contribution in [1.29, 1.82) is 0 Å². The van der Waals surface area contributed by atoms with Gasteiger partial charge in [-0.3, -0.25) is 9.69 Å². The van der Waals surface area contributed by atoms with Gasteiger partial charge in [-0.15, -0.1) is 0 Å². The molecule has 0 aliphatic carbocycles. The van der Waals surface area contributed by atoms with Crippen molar-refractivity contribution in [1.82, 2.24) is 10.2 Å². The molecule has 1 aromatic rings. The summed E-state index contributed by atoms with van der Waals surface area (Å²) in [6.07, 6.45) is 1.01. The Morgan fingerprint density at radius 2 is 1.77 bits per heavy atom. The lowest BCUT2D eigenvalue weighted by molar-refractivity contribution is -0.121. The van der Waals surface area contributed by atoms with Gasteiger partial charge in [0, 0.05) is 32.1 Å². The molecule has 1 aliphatic rings. The van der Waals surface area contributed by atoms with E-state index in [1.54, 1.807) is 21.3 Å². The molecule has 7 heteroatoms. The van der Waals surface area contributed by atoms with Crippen LogP contribution in [0.15, 0.2) is 12.1 Å². The first kappa shape index (κ1) is 20.3. The molecule has 26 heavy (non-hydrogen) atoms. The topological polar surface area (TPSA) is 69.3 Å². The molecule has 1 amide bonds. The van der Waals surface area contributed by atoms with Crippen molar-refractivity contribution in [3.8, 4) is 17.2 Å². The highest BCUT2D eigenvalue weighted by molar-refractivity contribution is 5.76. The summed E-state index contributed by atoms with van der Waals surface area (Å²) in [7, 11) is 4.74. The van der Waals surface area contributed by atoms with Gasteiger partial charge < -0.3 is 24.3 Å². The molecule has 1 heterocycles. The fourth-order valence-electron chi connectivity index (χ4n) is 3.10. The first-order valence-electron chi connectivity index (χ1n) is 8.95. The highest BCUT2D eigenvalue weighted by Crippen LogP contribution is 2.38. The van der Waals surface area contributed by atoms with Crippen molar-refractivity contribution in [2.24, 2.45) is 0 Å². The van der Waals surface area contributed by atoms with E-state index in [0.29, 0.717) is 30.1 Å². The van der Waals surface area contributed by atoms with E-state index in [-0.39, 0.29) is 11.9 Å². The van der Waals surface area contributed by atoms with Crippen LogP contribution in [-0.2, 0) is 16.0 Å². The number of methoxy groups -OCH3 is 3. The van der Waals surface area contributed by atoms with Gasteiger partial charge in [0.2, 0.25) is 11.7 Å². The summed E-state index contributed by atoms with van der Waals surface area (Å²) in [5.41, 5.74) is 0.968. The molecule has 0 bridgehead atoms. The third-order valence-corrected chi connectivity index (χ3v) is 4.41. The minimum absolute atomic E-state index is 0.0412. The van der Waals surface area contributed by atoms with E-state index >= 15 is 0 Å². The molecule has 1 saturated heterocycles. The van der Waals surface area contributed by atoms with Gasteiger partial charge in [0.05, 0.1) is 34.5 Å².